The molecule has 1 spiro atoms. The number of benzene rings is 7. The Kier molecular flexibility index (Phi) is 6.46. The molecule has 0 saturated heterocycles. The lowest BCUT2D eigenvalue weighted by Crippen LogP contribution is -2.66. The number of hydrogen-bond donors (Lipinski definition) is 0. The van der Waals surface area contributed by atoms with Crippen LogP contribution in [0.15, 0.2) is 164 Å². The summed E-state index contributed by atoms with van der Waals surface area (Å²) in [4.78, 5) is 0. The lowest BCUT2D eigenvalue weighted by molar-refractivity contribution is -0.457. The van der Waals surface area contributed by atoms with Gasteiger partial charge in [0, 0.05) is 22.3 Å². The summed E-state index contributed by atoms with van der Waals surface area (Å²) in [5.74, 6) is 1.54. The van der Waals surface area contributed by atoms with E-state index in [4.69, 9.17) is 14.4 Å². The van der Waals surface area contributed by atoms with Crippen molar-refractivity contribution in [2.45, 2.75) is 12.6 Å². The van der Waals surface area contributed by atoms with Crippen molar-refractivity contribution in [2.24, 2.45) is 0 Å². The first-order chi connectivity index (χ1) is 24.7. The van der Waals surface area contributed by atoms with E-state index in [-0.39, 0.29) is 6.04 Å². The number of nitrogens with zero attached hydrogens (tertiary/aromatic N) is 4. The van der Waals surface area contributed by atoms with Crippen LogP contribution in [0.1, 0.15) is 28.4 Å². The van der Waals surface area contributed by atoms with Crippen LogP contribution in [0.3, 0.4) is 0 Å². The molecule has 0 bridgehead atoms. The van der Waals surface area contributed by atoms with Gasteiger partial charge >= 0.3 is 6.69 Å². The average molecular weight is 647 g/mol. The second kappa shape index (κ2) is 11.3. The first kappa shape index (κ1) is 28.5. The van der Waals surface area contributed by atoms with Crippen LogP contribution >= 0.6 is 0 Å². The fourth-order valence-corrected chi connectivity index (χ4v) is 7.90. The Morgan fingerprint density at radius 2 is 1.18 bits per heavy atom. The summed E-state index contributed by atoms with van der Waals surface area (Å²) in [6.07, 6.45) is 4.22. The molecule has 0 radical (unpaired) electrons. The summed E-state index contributed by atoms with van der Waals surface area (Å²) in [5.41, 5.74) is 7.09. The zero-order chi connectivity index (χ0) is 33.1. The van der Waals surface area contributed by atoms with Gasteiger partial charge < -0.3 is 13.8 Å². The molecule has 10 rings (SSSR count). The van der Waals surface area contributed by atoms with Gasteiger partial charge in [-0.1, -0.05) is 151 Å². The maximum absolute atomic E-state index is 7.49. The molecule has 2 aliphatic rings. The highest BCUT2D eigenvalue weighted by molar-refractivity contribution is 6.78. The number of hydrogen-bond acceptors (Lipinski definition) is 4. The predicted octanol–water partition coefficient (Wildman–Crippen LogP) is 8.15. The third-order valence-electron chi connectivity index (χ3n) is 10.1. The highest BCUT2D eigenvalue weighted by Gasteiger charge is 2.58. The summed E-state index contributed by atoms with van der Waals surface area (Å²) in [6.45, 7) is -1.76. The molecule has 238 valence electrons. The second-order valence-corrected chi connectivity index (χ2v) is 13.1. The molecule has 6 nitrogen and oxygen atoms in total. The molecule has 0 aliphatic carbocycles. The van der Waals surface area contributed by atoms with E-state index in [0.717, 1.165) is 72.0 Å². The Morgan fingerprint density at radius 1 is 0.600 bits per heavy atom. The van der Waals surface area contributed by atoms with Crippen molar-refractivity contribution in [1.29, 1.82) is 0 Å². The molecule has 7 heteroatoms. The van der Waals surface area contributed by atoms with Crippen LogP contribution < -0.4 is 14.8 Å². The van der Waals surface area contributed by atoms with Gasteiger partial charge in [0.25, 0.3) is 0 Å². The lowest BCUT2D eigenvalue weighted by Gasteiger charge is -2.37. The highest BCUT2D eigenvalue weighted by Crippen LogP contribution is 2.49. The zero-order valence-corrected chi connectivity index (χ0v) is 27.1. The van der Waals surface area contributed by atoms with Gasteiger partial charge in [-0.15, -0.1) is 5.10 Å². The molecule has 7 aromatic carbocycles. The third-order valence-corrected chi connectivity index (χ3v) is 10.1. The monoisotopic (exact) mass is 646 g/mol. The van der Waals surface area contributed by atoms with Crippen molar-refractivity contribution in [2.75, 3.05) is 0 Å². The molecule has 3 heterocycles. The molecule has 0 fully saturated rings. The van der Waals surface area contributed by atoms with Crippen molar-refractivity contribution in [1.82, 2.24) is 15.0 Å². The molecule has 0 amide bonds. The molecule has 2 aliphatic heterocycles. The van der Waals surface area contributed by atoms with E-state index in [9.17, 15) is 0 Å². The van der Waals surface area contributed by atoms with Crippen LogP contribution in [-0.2, 0) is 6.54 Å². The van der Waals surface area contributed by atoms with Gasteiger partial charge in [0.15, 0.2) is 11.7 Å². The second-order valence-electron chi connectivity index (χ2n) is 13.1. The Hall–Kier alpha value is -6.47. The van der Waals surface area contributed by atoms with Crippen molar-refractivity contribution in [3.8, 4) is 22.6 Å². The normalized spacial score (nSPS) is 14.6. The first-order valence-electron chi connectivity index (χ1n) is 17.0. The molecule has 0 unspecified atom stereocenters. The molecule has 1 atom stereocenters. The minimum Gasteiger partial charge on any atom is -0.619 e. The largest absolute Gasteiger partial charge is 0.681 e. The van der Waals surface area contributed by atoms with Gasteiger partial charge in [-0.3, -0.25) is 0 Å². The minimum absolute atomic E-state index is 0.376. The Morgan fingerprint density at radius 3 is 1.86 bits per heavy atom. The van der Waals surface area contributed by atoms with Crippen molar-refractivity contribution < 1.29 is 13.8 Å². The van der Waals surface area contributed by atoms with Gasteiger partial charge in [0.2, 0.25) is 0 Å². The summed E-state index contributed by atoms with van der Waals surface area (Å²) < 4.78 is 19.1. The maximum Gasteiger partial charge on any atom is 0.681 e. The first-order valence-corrected chi connectivity index (χ1v) is 17.0. The van der Waals surface area contributed by atoms with Gasteiger partial charge in [-0.05, 0) is 44.7 Å². The Labute approximate surface area is 289 Å². The van der Waals surface area contributed by atoms with E-state index >= 15 is 0 Å². The van der Waals surface area contributed by atoms with Crippen molar-refractivity contribution in [3.05, 3.63) is 186 Å². The predicted molar refractivity (Wildman–Crippen MR) is 199 cm³/mol. The summed E-state index contributed by atoms with van der Waals surface area (Å²) >= 11 is 0. The van der Waals surface area contributed by atoms with E-state index in [1.54, 1.807) is 0 Å². The van der Waals surface area contributed by atoms with Crippen LogP contribution in [0, 0.1) is 0 Å². The number of fused-ring (bicyclic) bond motifs is 9. The van der Waals surface area contributed by atoms with Gasteiger partial charge in [0.05, 0.1) is 24.2 Å². The SMILES string of the molecule is C1=[N+]([C@H](c2ccccc2)c2cn(Cc3ccccc3)nn2)[B-]2(Oc3ccc4ccccc4c3-c3c(ccc4ccccc34)O2)c2ccccc21. The zero-order valence-electron chi connectivity index (χ0n) is 27.1. The van der Waals surface area contributed by atoms with E-state index in [1.165, 1.54) is 0 Å². The van der Waals surface area contributed by atoms with Crippen LogP contribution in [0.2, 0.25) is 0 Å². The average Bonchev–Trinajstić information content (AvgIpc) is 3.70. The van der Waals surface area contributed by atoms with Crippen molar-refractivity contribution in [3.63, 3.8) is 0 Å². The molecular formula is C43H31BN4O2. The smallest absolute Gasteiger partial charge is 0.619 e. The van der Waals surface area contributed by atoms with Crippen molar-refractivity contribution >= 4 is 39.9 Å². The van der Waals surface area contributed by atoms with Crippen LogP contribution in [0.4, 0.5) is 0 Å². The number of aromatic nitrogens is 3. The Bertz CT molecular complexity index is 2510. The molecule has 8 aromatic rings. The minimum atomic E-state index is -2.38. The summed E-state index contributed by atoms with van der Waals surface area (Å²) in [7, 11) is 0. The van der Waals surface area contributed by atoms with Gasteiger partial charge in [0.1, 0.15) is 6.21 Å². The molecule has 0 saturated carbocycles. The fraction of sp³-hybridized carbons (Fsp3) is 0.0465. The topological polar surface area (TPSA) is 52.2 Å². The highest BCUT2D eigenvalue weighted by atomic mass is 16.6. The van der Waals surface area contributed by atoms with Gasteiger partial charge in [-0.2, -0.15) is 0 Å². The summed E-state index contributed by atoms with van der Waals surface area (Å²) in [6, 6.07) is 54.3. The molecular weight excluding hydrogens is 615 g/mol. The molecule has 0 N–H and O–H groups in total. The summed E-state index contributed by atoms with van der Waals surface area (Å²) in [5, 5.41) is 14.0. The van der Waals surface area contributed by atoms with Gasteiger partial charge in [-0.25, -0.2) is 4.68 Å². The standard InChI is InChI=1S/C43H31BN4O2/c1-3-13-30(14-4-1)27-47-29-38(45-46-47)43(33-17-5-2-6-18-33)48-28-34-19-9-12-22-37(34)44(48)49-39-25-23-31-15-7-10-20-35(31)41(39)42-36-21-11-8-16-32(36)24-26-40(42)50-44/h1-26,28-29,43H,27H2/t43-/m1/s1. The van der Waals surface area contributed by atoms with E-state index < -0.39 is 6.69 Å². The lowest BCUT2D eigenvalue weighted by atomic mass is 9.62. The van der Waals surface area contributed by atoms with Crippen LogP contribution in [0.5, 0.6) is 11.5 Å². The van der Waals surface area contributed by atoms with Crippen LogP contribution in [-0.4, -0.2) is 32.4 Å². The molecule has 50 heavy (non-hydrogen) atoms. The molecule has 1 aromatic heterocycles. The Balaban J connectivity index is 1.23. The van der Waals surface area contributed by atoms with E-state index in [0.29, 0.717) is 6.54 Å². The van der Waals surface area contributed by atoms with E-state index in [1.807, 2.05) is 35.1 Å². The van der Waals surface area contributed by atoms with E-state index in [2.05, 4.69) is 149 Å². The number of rotatable bonds is 5. The third kappa shape index (κ3) is 4.47. The van der Waals surface area contributed by atoms with Crippen LogP contribution in [0.25, 0.3) is 32.7 Å². The maximum atomic E-state index is 7.49. The quantitative estimate of drug-likeness (QED) is 0.177. The fourth-order valence-electron chi connectivity index (χ4n) is 7.90.